The van der Waals surface area contributed by atoms with Crippen LogP contribution in [0.2, 0.25) is 0 Å². The van der Waals surface area contributed by atoms with Gasteiger partial charge >= 0.3 is 0 Å². The predicted molar refractivity (Wildman–Crippen MR) is 136 cm³/mol. The first kappa shape index (κ1) is 22.6. The lowest BCUT2D eigenvalue weighted by Crippen LogP contribution is -2.11. The van der Waals surface area contributed by atoms with Gasteiger partial charge in [0.2, 0.25) is 0 Å². The van der Waals surface area contributed by atoms with E-state index < -0.39 is 0 Å². The van der Waals surface area contributed by atoms with Crippen molar-refractivity contribution >= 4 is 33.5 Å². The number of rotatable bonds is 9. The standard InChI is InChI=1S/C27H26N4O4/c1-34-14-15-35-22-7-8-23-24(17-22)30-26(29-23)18-2-4-19(5-3-18)27(33)28-21-6-9-25-20(16-21)10-11-31(25)12-13-32/h2-11,16-17,32H,12-15H2,1H3,(H,28,33)(H,29,30). The van der Waals surface area contributed by atoms with Crippen LogP contribution < -0.4 is 10.1 Å². The van der Waals surface area contributed by atoms with E-state index in [2.05, 4.69) is 15.3 Å². The van der Waals surface area contributed by atoms with Gasteiger partial charge in [0, 0.05) is 53.6 Å². The molecule has 0 bridgehead atoms. The molecule has 178 valence electrons. The van der Waals surface area contributed by atoms with E-state index in [1.54, 1.807) is 19.2 Å². The van der Waals surface area contributed by atoms with Crippen molar-refractivity contribution in [2.24, 2.45) is 0 Å². The van der Waals surface area contributed by atoms with Crippen molar-refractivity contribution in [1.82, 2.24) is 14.5 Å². The molecular formula is C27H26N4O4. The van der Waals surface area contributed by atoms with Crippen molar-refractivity contribution in [3.05, 3.63) is 78.5 Å². The molecule has 3 aromatic carbocycles. The molecule has 8 heteroatoms. The topological polar surface area (TPSA) is 101 Å². The van der Waals surface area contributed by atoms with E-state index in [1.165, 1.54) is 0 Å². The number of aliphatic hydroxyl groups is 1. The van der Waals surface area contributed by atoms with E-state index in [9.17, 15) is 9.90 Å². The Morgan fingerprint density at radius 2 is 1.91 bits per heavy atom. The number of methoxy groups -OCH3 is 1. The maximum atomic E-state index is 12.8. The zero-order chi connectivity index (χ0) is 24.2. The number of benzene rings is 3. The Kier molecular flexibility index (Phi) is 6.47. The molecule has 2 aromatic heterocycles. The molecule has 8 nitrogen and oxygen atoms in total. The van der Waals surface area contributed by atoms with Gasteiger partial charge in [0.1, 0.15) is 18.2 Å². The number of aliphatic hydroxyl groups excluding tert-OH is 1. The van der Waals surface area contributed by atoms with Crippen molar-refractivity contribution in [2.75, 3.05) is 32.2 Å². The molecule has 0 saturated carbocycles. The number of H-pyrrole nitrogens is 1. The summed E-state index contributed by atoms with van der Waals surface area (Å²) >= 11 is 0. The molecule has 5 aromatic rings. The lowest BCUT2D eigenvalue weighted by Gasteiger charge is -2.07. The number of fused-ring (bicyclic) bond motifs is 2. The summed E-state index contributed by atoms with van der Waals surface area (Å²) in [7, 11) is 1.64. The van der Waals surface area contributed by atoms with Gasteiger partial charge in [-0.25, -0.2) is 4.98 Å². The van der Waals surface area contributed by atoms with Gasteiger partial charge in [-0.05, 0) is 48.5 Å². The zero-order valence-electron chi connectivity index (χ0n) is 19.3. The average Bonchev–Trinajstić information content (AvgIpc) is 3.48. The number of aromatic amines is 1. The maximum Gasteiger partial charge on any atom is 0.255 e. The summed E-state index contributed by atoms with van der Waals surface area (Å²) in [6.07, 6.45) is 1.93. The highest BCUT2D eigenvalue weighted by molar-refractivity contribution is 6.05. The van der Waals surface area contributed by atoms with Crippen molar-refractivity contribution < 1.29 is 19.4 Å². The summed E-state index contributed by atoms with van der Waals surface area (Å²) < 4.78 is 12.7. The van der Waals surface area contributed by atoms with Gasteiger partial charge in [-0.2, -0.15) is 0 Å². The monoisotopic (exact) mass is 470 g/mol. The van der Waals surface area contributed by atoms with Gasteiger partial charge in [-0.15, -0.1) is 0 Å². The molecule has 2 heterocycles. The highest BCUT2D eigenvalue weighted by atomic mass is 16.5. The highest BCUT2D eigenvalue weighted by Gasteiger charge is 2.11. The fourth-order valence-electron chi connectivity index (χ4n) is 4.02. The predicted octanol–water partition coefficient (Wildman–Crippen LogP) is 4.45. The van der Waals surface area contributed by atoms with Crippen molar-refractivity contribution in [1.29, 1.82) is 0 Å². The van der Waals surface area contributed by atoms with E-state index in [-0.39, 0.29) is 12.5 Å². The molecule has 0 radical (unpaired) electrons. The molecule has 0 unspecified atom stereocenters. The average molecular weight is 471 g/mol. The number of carbonyl (C=O) groups is 1. The number of carbonyl (C=O) groups excluding carboxylic acids is 1. The molecule has 5 rings (SSSR count). The second-order valence-corrected chi connectivity index (χ2v) is 8.14. The minimum atomic E-state index is -0.187. The van der Waals surface area contributed by atoms with Gasteiger partial charge in [0.15, 0.2) is 0 Å². The van der Waals surface area contributed by atoms with Crippen LogP contribution in [0.15, 0.2) is 72.9 Å². The van der Waals surface area contributed by atoms with E-state index >= 15 is 0 Å². The molecule has 0 aliphatic carbocycles. The Labute approximate surface area is 202 Å². The number of imidazole rings is 1. The lowest BCUT2D eigenvalue weighted by atomic mass is 10.1. The van der Waals surface area contributed by atoms with E-state index in [4.69, 9.17) is 9.47 Å². The van der Waals surface area contributed by atoms with Crippen LogP contribution in [0.3, 0.4) is 0 Å². The highest BCUT2D eigenvalue weighted by Crippen LogP contribution is 2.25. The maximum absolute atomic E-state index is 12.8. The Balaban J connectivity index is 1.29. The van der Waals surface area contributed by atoms with Crippen LogP contribution in [0.1, 0.15) is 10.4 Å². The number of hydrogen-bond donors (Lipinski definition) is 3. The fourth-order valence-corrected chi connectivity index (χ4v) is 4.02. The number of nitrogens with one attached hydrogen (secondary N) is 2. The van der Waals surface area contributed by atoms with Gasteiger partial charge in [-0.3, -0.25) is 4.79 Å². The van der Waals surface area contributed by atoms with Crippen molar-refractivity contribution in [3.63, 3.8) is 0 Å². The first-order valence-corrected chi connectivity index (χ1v) is 11.4. The van der Waals surface area contributed by atoms with Crippen LogP contribution in [0, 0.1) is 0 Å². The Morgan fingerprint density at radius 1 is 1.06 bits per heavy atom. The molecule has 3 N–H and O–H groups in total. The van der Waals surface area contributed by atoms with E-state index in [0.717, 1.165) is 39.1 Å². The SMILES string of the molecule is COCCOc1ccc2nc(-c3ccc(C(=O)Nc4ccc5c(ccn5CCO)c4)cc3)[nH]c2c1. The van der Waals surface area contributed by atoms with Crippen molar-refractivity contribution in [3.8, 4) is 17.1 Å². The summed E-state index contributed by atoms with van der Waals surface area (Å²) in [4.78, 5) is 20.8. The summed E-state index contributed by atoms with van der Waals surface area (Å²) in [6, 6.07) is 20.7. The number of aromatic nitrogens is 3. The second kappa shape index (κ2) is 10.0. The number of ether oxygens (including phenoxy) is 2. The Bertz CT molecular complexity index is 1470. The van der Waals surface area contributed by atoms with Crippen LogP contribution in [0.25, 0.3) is 33.3 Å². The molecular weight excluding hydrogens is 444 g/mol. The van der Waals surface area contributed by atoms with E-state index in [1.807, 2.05) is 65.4 Å². The van der Waals surface area contributed by atoms with Gasteiger partial charge < -0.3 is 29.4 Å². The van der Waals surface area contributed by atoms with Crippen LogP contribution >= 0.6 is 0 Å². The minimum Gasteiger partial charge on any atom is -0.491 e. The molecule has 1 amide bonds. The number of hydrogen-bond acceptors (Lipinski definition) is 5. The molecule has 35 heavy (non-hydrogen) atoms. The van der Waals surface area contributed by atoms with Crippen LogP contribution in [-0.4, -0.2) is 52.5 Å². The molecule has 0 aliphatic rings. The third kappa shape index (κ3) is 4.89. The van der Waals surface area contributed by atoms with Gasteiger partial charge in [0.05, 0.1) is 24.2 Å². The third-order valence-corrected chi connectivity index (χ3v) is 5.80. The minimum absolute atomic E-state index is 0.0800. The molecule has 0 aliphatic heterocycles. The van der Waals surface area contributed by atoms with Crippen molar-refractivity contribution in [2.45, 2.75) is 6.54 Å². The third-order valence-electron chi connectivity index (χ3n) is 5.80. The first-order valence-electron chi connectivity index (χ1n) is 11.4. The summed E-state index contributed by atoms with van der Waals surface area (Å²) in [5, 5.41) is 13.1. The summed E-state index contributed by atoms with van der Waals surface area (Å²) in [5.74, 6) is 1.28. The number of nitrogens with zero attached hydrogens (tertiary/aromatic N) is 2. The van der Waals surface area contributed by atoms with Gasteiger partial charge in [-0.1, -0.05) is 12.1 Å². The smallest absolute Gasteiger partial charge is 0.255 e. The molecule has 0 fully saturated rings. The summed E-state index contributed by atoms with van der Waals surface area (Å²) in [5.41, 5.74) is 4.88. The van der Waals surface area contributed by atoms with Crippen LogP contribution in [0.4, 0.5) is 5.69 Å². The first-order chi connectivity index (χ1) is 17.1. The molecule has 0 spiro atoms. The van der Waals surface area contributed by atoms with Gasteiger partial charge in [0.25, 0.3) is 5.91 Å². The molecule has 0 saturated heterocycles. The lowest BCUT2D eigenvalue weighted by molar-refractivity contribution is 0.102. The zero-order valence-corrected chi connectivity index (χ0v) is 19.3. The van der Waals surface area contributed by atoms with Crippen LogP contribution in [-0.2, 0) is 11.3 Å². The number of amides is 1. The number of anilines is 1. The summed E-state index contributed by atoms with van der Waals surface area (Å²) in [6.45, 7) is 1.63. The van der Waals surface area contributed by atoms with E-state index in [0.29, 0.717) is 31.0 Å². The normalized spacial score (nSPS) is 11.3. The Hall–Kier alpha value is -4.14. The van der Waals surface area contributed by atoms with Crippen LogP contribution in [0.5, 0.6) is 5.75 Å². The Morgan fingerprint density at radius 3 is 2.71 bits per heavy atom. The quantitative estimate of drug-likeness (QED) is 0.276. The fraction of sp³-hybridized carbons (Fsp3) is 0.185. The largest absolute Gasteiger partial charge is 0.491 e. The second-order valence-electron chi connectivity index (χ2n) is 8.14. The molecule has 0 atom stereocenters.